The predicted octanol–water partition coefficient (Wildman–Crippen LogP) is 4.20. The third kappa shape index (κ3) is 4.74. The van der Waals surface area contributed by atoms with Crippen LogP contribution in [0.2, 0.25) is 0 Å². The fraction of sp³-hybridized carbons (Fsp3) is 0.240. The first kappa shape index (κ1) is 22.1. The summed E-state index contributed by atoms with van der Waals surface area (Å²) in [5, 5.41) is 11.5. The van der Waals surface area contributed by atoms with Crippen molar-refractivity contribution in [2.24, 2.45) is 0 Å². The molecular weight excluding hydrogens is 416 g/mol. The molecule has 0 aliphatic rings. The van der Waals surface area contributed by atoms with E-state index in [9.17, 15) is 9.59 Å². The van der Waals surface area contributed by atoms with Crippen LogP contribution < -0.4 is 5.69 Å². The number of hydrogen-bond acceptors (Lipinski definition) is 5. The highest BCUT2D eigenvalue weighted by Crippen LogP contribution is 2.26. The molecule has 0 fully saturated rings. The molecule has 33 heavy (non-hydrogen) atoms. The molecule has 0 unspecified atom stereocenters. The van der Waals surface area contributed by atoms with Gasteiger partial charge in [0.05, 0.1) is 17.9 Å². The Bertz CT molecular complexity index is 1310. The molecule has 0 saturated heterocycles. The molecule has 0 N–H and O–H groups in total. The van der Waals surface area contributed by atoms with E-state index in [4.69, 9.17) is 0 Å². The summed E-state index contributed by atoms with van der Waals surface area (Å²) in [5.41, 5.74) is 4.27. The number of aromatic nitrogens is 6. The van der Waals surface area contributed by atoms with Gasteiger partial charge in [0.1, 0.15) is 6.33 Å². The fourth-order valence-corrected chi connectivity index (χ4v) is 3.70. The maximum atomic E-state index is 13.0. The average Bonchev–Trinajstić information content (AvgIpc) is 3.48. The Morgan fingerprint density at radius 3 is 2.55 bits per heavy atom. The van der Waals surface area contributed by atoms with Crippen molar-refractivity contribution in [3.05, 3.63) is 88.9 Å². The molecule has 4 rings (SSSR count). The maximum absolute atomic E-state index is 13.0. The van der Waals surface area contributed by atoms with E-state index in [0.717, 1.165) is 34.5 Å². The quantitative estimate of drug-likeness (QED) is 0.408. The monoisotopic (exact) mass is 442 g/mol. The lowest BCUT2D eigenvalue weighted by molar-refractivity contribution is 0.0897. The van der Waals surface area contributed by atoms with E-state index >= 15 is 0 Å². The highest BCUT2D eigenvalue weighted by molar-refractivity contribution is 5.79. The minimum atomic E-state index is -0.308. The van der Waals surface area contributed by atoms with Crippen LogP contribution in [0.5, 0.6) is 0 Å². The number of carbonyl (C=O) groups is 1. The largest absolute Gasteiger partial charge is 0.335 e. The van der Waals surface area contributed by atoms with Gasteiger partial charge in [-0.25, -0.2) is 9.36 Å². The van der Waals surface area contributed by atoms with Crippen LogP contribution in [0.3, 0.4) is 0 Å². The van der Waals surface area contributed by atoms with Gasteiger partial charge in [0.2, 0.25) is 5.91 Å². The minimum absolute atomic E-state index is 0.179. The zero-order valence-electron chi connectivity index (χ0n) is 18.8. The van der Waals surface area contributed by atoms with Crippen LogP contribution in [-0.4, -0.2) is 35.2 Å². The average molecular weight is 443 g/mol. The van der Waals surface area contributed by atoms with Gasteiger partial charge < -0.3 is 0 Å². The van der Waals surface area contributed by atoms with Crippen LogP contribution in [0, 0.1) is 0 Å². The third-order valence-electron chi connectivity index (χ3n) is 5.37. The Morgan fingerprint density at radius 2 is 1.85 bits per heavy atom. The van der Waals surface area contributed by atoms with E-state index in [0.29, 0.717) is 19.4 Å². The lowest BCUT2D eigenvalue weighted by Crippen LogP contribution is -2.29. The van der Waals surface area contributed by atoms with Gasteiger partial charge in [-0.1, -0.05) is 62.4 Å². The summed E-state index contributed by atoms with van der Waals surface area (Å²) in [6, 6.07) is 15.9. The summed E-state index contributed by atoms with van der Waals surface area (Å²) in [7, 11) is 0. The third-order valence-corrected chi connectivity index (χ3v) is 5.37. The molecule has 0 saturated carbocycles. The number of hydrogen-bond donors (Lipinski definition) is 0. The topological polar surface area (TPSA) is 87.6 Å². The van der Waals surface area contributed by atoms with Crippen molar-refractivity contribution in [2.75, 3.05) is 0 Å². The van der Waals surface area contributed by atoms with Crippen LogP contribution in [0.1, 0.15) is 49.2 Å². The first-order chi connectivity index (χ1) is 16.1. The van der Waals surface area contributed by atoms with Gasteiger partial charge in [0.15, 0.2) is 0 Å². The number of carbonyl (C=O) groups excluding carboxylic acids is 1. The Morgan fingerprint density at radius 1 is 1.06 bits per heavy atom. The zero-order valence-corrected chi connectivity index (χ0v) is 18.8. The summed E-state index contributed by atoms with van der Waals surface area (Å²) in [6.45, 7) is 4.34. The molecule has 0 bridgehead atoms. The second-order valence-electron chi connectivity index (χ2n) is 7.72. The lowest BCUT2D eigenvalue weighted by Gasteiger charge is -2.10. The molecule has 0 spiro atoms. The van der Waals surface area contributed by atoms with Crippen LogP contribution in [0.25, 0.3) is 22.9 Å². The molecule has 2 aromatic heterocycles. The summed E-state index contributed by atoms with van der Waals surface area (Å²) < 4.78 is 4.50. The van der Waals surface area contributed by atoms with Crippen molar-refractivity contribution in [1.29, 1.82) is 0 Å². The highest BCUT2D eigenvalue weighted by Gasteiger charge is 2.15. The summed E-state index contributed by atoms with van der Waals surface area (Å²) in [5.74, 6) is -0.179. The van der Waals surface area contributed by atoms with Gasteiger partial charge in [-0.2, -0.15) is 4.68 Å². The van der Waals surface area contributed by atoms with Crippen molar-refractivity contribution in [1.82, 2.24) is 29.3 Å². The number of allylic oxidation sites excluding steroid dienone is 1. The van der Waals surface area contributed by atoms with E-state index in [-0.39, 0.29) is 11.6 Å². The summed E-state index contributed by atoms with van der Waals surface area (Å²) in [6.07, 6.45) is 8.98. The fourth-order valence-electron chi connectivity index (χ4n) is 3.70. The lowest BCUT2D eigenvalue weighted by atomic mass is 10.0. The van der Waals surface area contributed by atoms with Gasteiger partial charge in [0, 0.05) is 18.2 Å². The second kappa shape index (κ2) is 10.0. The Hall–Kier alpha value is -4.07. The number of imidazole rings is 1. The smallest absolute Gasteiger partial charge is 0.288 e. The van der Waals surface area contributed by atoms with Gasteiger partial charge in [-0.05, 0) is 46.5 Å². The van der Waals surface area contributed by atoms with Crippen molar-refractivity contribution in [2.45, 2.75) is 39.7 Å². The van der Waals surface area contributed by atoms with Crippen molar-refractivity contribution < 1.29 is 4.79 Å². The SMILES string of the molecule is CCC=Cc1cn(C(=O)CCC)c(=O)n1Cc1ccc(-c2ccccc2-n2cnnn2)cc1. The van der Waals surface area contributed by atoms with E-state index < -0.39 is 0 Å². The molecular formula is C25H26N6O2. The Labute approximate surface area is 191 Å². The molecule has 8 heteroatoms. The Kier molecular flexibility index (Phi) is 6.73. The molecule has 4 aromatic rings. The van der Waals surface area contributed by atoms with E-state index in [1.165, 1.54) is 4.57 Å². The first-order valence-corrected chi connectivity index (χ1v) is 11.1. The molecule has 0 radical (unpaired) electrons. The van der Waals surface area contributed by atoms with Crippen molar-refractivity contribution in [3.63, 3.8) is 0 Å². The first-order valence-electron chi connectivity index (χ1n) is 11.1. The zero-order chi connectivity index (χ0) is 23.2. The maximum Gasteiger partial charge on any atom is 0.335 e. The van der Waals surface area contributed by atoms with Crippen molar-refractivity contribution in [3.8, 4) is 16.8 Å². The number of benzene rings is 2. The van der Waals surface area contributed by atoms with Gasteiger partial charge in [-0.15, -0.1) is 5.10 Å². The molecule has 0 atom stereocenters. The van der Waals surface area contributed by atoms with Gasteiger partial charge >= 0.3 is 5.69 Å². The summed E-state index contributed by atoms with van der Waals surface area (Å²) in [4.78, 5) is 25.4. The number of rotatable bonds is 8. The molecule has 0 aliphatic carbocycles. The standard InChI is InChI=1S/C25H26N6O2/c1-3-5-9-21-17-30(24(32)8-4-2)25(33)29(21)16-19-12-14-20(15-13-19)22-10-6-7-11-23(22)31-18-26-27-28-31/h5-7,9-15,17-18H,3-4,8,16H2,1-2H3. The van der Waals surface area contributed by atoms with Crippen molar-refractivity contribution >= 4 is 12.0 Å². The molecule has 8 nitrogen and oxygen atoms in total. The molecule has 0 aliphatic heterocycles. The number of para-hydroxylation sites is 1. The van der Waals surface area contributed by atoms with Gasteiger partial charge in [0.25, 0.3) is 0 Å². The van der Waals surface area contributed by atoms with Gasteiger partial charge in [-0.3, -0.25) is 9.36 Å². The summed E-state index contributed by atoms with van der Waals surface area (Å²) >= 11 is 0. The minimum Gasteiger partial charge on any atom is -0.288 e. The molecule has 2 aromatic carbocycles. The Balaban J connectivity index is 1.65. The number of tetrazole rings is 1. The van der Waals surface area contributed by atoms with Crippen LogP contribution in [-0.2, 0) is 6.54 Å². The normalized spacial score (nSPS) is 11.3. The second-order valence-corrected chi connectivity index (χ2v) is 7.72. The van der Waals surface area contributed by atoms with Crippen LogP contribution >= 0.6 is 0 Å². The molecule has 0 amide bonds. The number of nitrogens with zero attached hydrogens (tertiary/aromatic N) is 6. The van der Waals surface area contributed by atoms with E-state index in [1.807, 2.05) is 74.5 Å². The van der Waals surface area contributed by atoms with Crippen LogP contribution in [0.4, 0.5) is 0 Å². The van der Waals surface area contributed by atoms with E-state index in [2.05, 4.69) is 15.5 Å². The predicted molar refractivity (Wildman–Crippen MR) is 127 cm³/mol. The molecule has 2 heterocycles. The molecule has 168 valence electrons. The van der Waals surface area contributed by atoms with E-state index in [1.54, 1.807) is 21.8 Å². The highest BCUT2D eigenvalue weighted by atomic mass is 16.2. The van der Waals surface area contributed by atoms with Crippen LogP contribution in [0.15, 0.2) is 71.9 Å².